The molecule has 1 aliphatic heterocycles. The number of carbonyl (C=O) groups is 1. The third-order valence-electron chi connectivity index (χ3n) is 5.07. The van der Waals surface area contributed by atoms with Crippen molar-refractivity contribution in [2.24, 2.45) is 0 Å². The van der Waals surface area contributed by atoms with Crippen LogP contribution in [0.5, 0.6) is 0 Å². The zero-order chi connectivity index (χ0) is 21.6. The first-order chi connectivity index (χ1) is 14.1. The van der Waals surface area contributed by atoms with E-state index in [1.54, 1.807) is 11.4 Å². The molecule has 1 amide bonds. The first-order valence-electron chi connectivity index (χ1n) is 9.05. The minimum absolute atomic E-state index is 0.00449. The van der Waals surface area contributed by atoms with E-state index in [-0.39, 0.29) is 36.4 Å². The second-order valence-corrected chi connectivity index (χ2v) is 8.37. The summed E-state index contributed by atoms with van der Waals surface area (Å²) in [6.45, 7) is 0.0431. The maximum atomic E-state index is 13.4. The highest BCUT2D eigenvalue weighted by molar-refractivity contribution is 7.17. The quantitative estimate of drug-likeness (QED) is 0.520. The van der Waals surface area contributed by atoms with Crippen LogP contribution in [-0.4, -0.2) is 34.6 Å². The Kier molecular flexibility index (Phi) is 5.36. The first kappa shape index (κ1) is 20.9. The lowest BCUT2D eigenvalue weighted by Crippen LogP contribution is -2.35. The topological polar surface area (TPSA) is 42.3 Å². The fraction of sp³-hybridized carbons (Fsp3) is 0.300. The van der Waals surface area contributed by atoms with Gasteiger partial charge >= 0.3 is 6.18 Å². The van der Waals surface area contributed by atoms with Gasteiger partial charge in [0.2, 0.25) is 5.91 Å². The Balaban J connectivity index is 1.74. The van der Waals surface area contributed by atoms with Crippen molar-refractivity contribution in [1.29, 1.82) is 0 Å². The standard InChI is InChI=1S/C20H15ClF4N2O2S/c21-15-2-1-11(7-14(15)20(23,24)25)13-10-30-16-4-6-27(19(29)18(13)16)9-17(28)26-5-3-12(22)8-26/h1-2,4,6-7,10,12H,3,5,8-9H2/t12-/m0/s1. The van der Waals surface area contributed by atoms with E-state index in [0.29, 0.717) is 16.8 Å². The van der Waals surface area contributed by atoms with Gasteiger partial charge in [0.15, 0.2) is 0 Å². The molecule has 0 N–H and O–H groups in total. The average Bonchev–Trinajstić information content (AvgIpc) is 3.30. The Morgan fingerprint density at radius 3 is 2.70 bits per heavy atom. The number of rotatable bonds is 3. The van der Waals surface area contributed by atoms with Gasteiger partial charge in [-0.05, 0) is 30.2 Å². The summed E-state index contributed by atoms with van der Waals surface area (Å²) in [5.74, 6) is -0.376. The Labute approximate surface area is 177 Å². The summed E-state index contributed by atoms with van der Waals surface area (Å²) in [7, 11) is 0. The monoisotopic (exact) mass is 458 g/mol. The zero-order valence-electron chi connectivity index (χ0n) is 15.4. The van der Waals surface area contributed by atoms with E-state index in [0.717, 1.165) is 12.1 Å². The van der Waals surface area contributed by atoms with Crippen LogP contribution in [0.25, 0.3) is 21.2 Å². The number of thiophene rings is 1. The van der Waals surface area contributed by atoms with Crippen molar-refractivity contribution in [3.63, 3.8) is 0 Å². The molecule has 158 valence electrons. The second-order valence-electron chi connectivity index (χ2n) is 7.06. The summed E-state index contributed by atoms with van der Waals surface area (Å²) < 4.78 is 54.8. The van der Waals surface area contributed by atoms with E-state index in [1.807, 2.05) is 0 Å². The largest absolute Gasteiger partial charge is 0.417 e. The van der Waals surface area contributed by atoms with Crippen molar-refractivity contribution < 1.29 is 22.4 Å². The van der Waals surface area contributed by atoms with Crippen LogP contribution in [0.4, 0.5) is 17.6 Å². The lowest BCUT2D eigenvalue weighted by Gasteiger charge is -2.16. The molecule has 30 heavy (non-hydrogen) atoms. The van der Waals surface area contributed by atoms with Crippen molar-refractivity contribution in [3.8, 4) is 11.1 Å². The minimum Gasteiger partial charge on any atom is -0.338 e. The van der Waals surface area contributed by atoms with Crippen molar-refractivity contribution in [3.05, 3.63) is 56.8 Å². The number of hydrogen-bond donors (Lipinski definition) is 0. The van der Waals surface area contributed by atoms with Crippen molar-refractivity contribution in [1.82, 2.24) is 9.47 Å². The third kappa shape index (κ3) is 3.83. The predicted molar refractivity (Wildman–Crippen MR) is 108 cm³/mol. The van der Waals surface area contributed by atoms with E-state index in [4.69, 9.17) is 11.6 Å². The highest BCUT2D eigenvalue weighted by Crippen LogP contribution is 2.39. The van der Waals surface area contributed by atoms with Crippen LogP contribution in [0, 0.1) is 0 Å². The number of aromatic nitrogens is 1. The van der Waals surface area contributed by atoms with Gasteiger partial charge < -0.3 is 9.47 Å². The maximum absolute atomic E-state index is 13.4. The molecular weight excluding hydrogens is 444 g/mol. The zero-order valence-corrected chi connectivity index (χ0v) is 17.0. The SMILES string of the molecule is O=C(Cn1ccc2scc(-c3ccc(Cl)c(C(F)(F)F)c3)c2c1=O)N1CC[C@H](F)C1. The van der Waals surface area contributed by atoms with Crippen LogP contribution in [0.1, 0.15) is 12.0 Å². The highest BCUT2D eigenvalue weighted by Gasteiger charge is 2.33. The molecule has 1 fully saturated rings. The van der Waals surface area contributed by atoms with Crippen molar-refractivity contribution in [2.75, 3.05) is 13.1 Å². The van der Waals surface area contributed by atoms with Gasteiger partial charge in [0.25, 0.3) is 5.56 Å². The molecule has 1 saturated heterocycles. The Morgan fingerprint density at radius 1 is 1.27 bits per heavy atom. The molecule has 4 rings (SSSR count). The normalized spacial score (nSPS) is 17.1. The minimum atomic E-state index is -4.63. The number of likely N-dealkylation sites (tertiary alicyclic amines) is 1. The van der Waals surface area contributed by atoms with Crippen molar-refractivity contribution in [2.45, 2.75) is 25.3 Å². The molecule has 0 bridgehead atoms. The molecule has 10 heteroatoms. The summed E-state index contributed by atoms with van der Waals surface area (Å²) >= 11 is 6.92. The van der Waals surface area contributed by atoms with Crippen LogP contribution in [0.15, 0.2) is 40.6 Å². The van der Waals surface area contributed by atoms with E-state index in [1.165, 1.54) is 33.1 Å². The molecule has 0 aliphatic carbocycles. The first-order valence-corrected chi connectivity index (χ1v) is 10.3. The molecule has 0 saturated carbocycles. The number of carbonyl (C=O) groups excluding carboxylic acids is 1. The number of fused-ring (bicyclic) bond motifs is 1. The van der Waals surface area contributed by atoms with Gasteiger partial charge in [0, 0.05) is 28.4 Å². The molecular formula is C20H15ClF4N2O2S. The fourth-order valence-corrected chi connectivity index (χ4v) is 4.70. The molecule has 3 heterocycles. The molecule has 0 unspecified atom stereocenters. The van der Waals surface area contributed by atoms with E-state index < -0.39 is 28.5 Å². The Hall–Kier alpha value is -2.39. The van der Waals surface area contributed by atoms with Gasteiger partial charge in [0.05, 0.1) is 22.5 Å². The van der Waals surface area contributed by atoms with Gasteiger partial charge in [-0.2, -0.15) is 13.2 Å². The molecule has 4 nitrogen and oxygen atoms in total. The summed E-state index contributed by atoms with van der Waals surface area (Å²) in [4.78, 5) is 26.8. The number of alkyl halides is 4. The number of hydrogen-bond acceptors (Lipinski definition) is 3. The van der Waals surface area contributed by atoms with E-state index in [9.17, 15) is 27.2 Å². The van der Waals surface area contributed by atoms with Crippen LogP contribution >= 0.6 is 22.9 Å². The van der Waals surface area contributed by atoms with Crippen LogP contribution in [0.2, 0.25) is 5.02 Å². The summed E-state index contributed by atoms with van der Waals surface area (Å²) in [6.07, 6.45) is -3.96. The number of nitrogens with zero attached hydrogens (tertiary/aromatic N) is 2. The average molecular weight is 459 g/mol. The maximum Gasteiger partial charge on any atom is 0.417 e. The van der Waals surface area contributed by atoms with Crippen LogP contribution < -0.4 is 5.56 Å². The van der Waals surface area contributed by atoms with Gasteiger partial charge in [-0.1, -0.05) is 17.7 Å². The second kappa shape index (κ2) is 7.70. The third-order valence-corrected chi connectivity index (χ3v) is 6.35. The van der Waals surface area contributed by atoms with Crippen LogP contribution in [0.3, 0.4) is 0 Å². The molecule has 0 radical (unpaired) electrons. The molecule has 1 aromatic carbocycles. The summed E-state index contributed by atoms with van der Waals surface area (Å²) in [6, 6.07) is 5.12. The van der Waals surface area contributed by atoms with Gasteiger partial charge in [-0.25, -0.2) is 4.39 Å². The number of pyridine rings is 1. The molecule has 2 aromatic heterocycles. The lowest BCUT2D eigenvalue weighted by atomic mass is 10.0. The van der Waals surface area contributed by atoms with E-state index >= 15 is 0 Å². The molecule has 1 aliphatic rings. The molecule has 3 aromatic rings. The van der Waals surface area contributed by atoms with Crippen LogP contribution in [-0.2, 0) is 17.5 Å². The van der Waals surface area contributed by atoms with Gasteiger partial charge in [-0.3, -0.25) is 9.59 Å². The summed E-state index contributed by atoms with van der Waals surface area (Å²) in [5.41, 5.74) is -0.924. The van der Waals surface area contributed by atoms with E-state index in [2.05, 4.69) is 0 Å². The lowest BCUT2D eigenvalue weighted by molar-refractivity contribution is -0.137. The highest BCUT2D eigenvalue weighted by atomic mass is 35.5. The van der Waals surface area contributed by atoms with Crippen molar-refractivity contribution >= 4 is 38.9 Å². The smallest absolute Gasteiger partial charge is 0.338 e. The molecule has 0 spiro atoms. The summed E-state index contributed by atoms with van der Waals surface area (Å²) in [5, 5.41) is 1.41. The number of benzene rings is 1. The Bertz CT molecular complexity index is 1190. The Morgan fingerprint density at radius 2 is 2.03 bits per heavy atom. The number of amides is 1. The molecule has 1 atom stereocenters. The van der Waals surface area contributed by atoms with Gasteiger partial charge in [-0.15, -0.1) is 11.3 Å². The predicted octanol–water partition coefficient (Wildman–Crippen LogP) is 4.97. The number of halogens is 5. The van der Waals surface area contributed by atoms with Gasteiger partial charge in [0.1, 0.15) is 12.7 Å². The fourth-order valence-electron chi connectivity index (χ4n) is 3.52.